The second-order valence-electron chi connectivity index (χ2n) is 9.01. The third-order valence-corrected chi connectivity index (χ3v) is 6.02. The molecule has 1 saturated carbocycles. The fraction of sp³-hybridized carbons (Fsp3) is 0.850. The maximum absolute atomic E-state index is 13.4. The van der Waals surface area contributed by atoms with E-state index in [0.29, 0.717) is 30.8 Å². The van der Waals surface area contributed by atoms with Gasteiger partial charge < -0.3 is 10.2 Å². The highest BCUT2D eigenvalue weighted by atomic mass is 16.2. The van der Waals surface area contributed by atoms with Crippen LogP contribution in [-0.2, 0) is 4.79 Å². The van der Waals surface area contributed by atoms with Crippen LogP contribution in [0.4, 0.5) is 4.79 Å². The molecule has 146 valence electrons. The van der Waals surface area contributed by atoms with Crippen LogP contribution in [0.3, 0.4) is 0 Å². The number of amidine groups is 1. The van der Waals surface area contributed by atoms with Crippen molar-refractivity contribution in [2.24, 2.45) is 28.7 Å². The normalized spacial score (nSPS) is 30.7. The lowest BCUT2D eigenvalue weighted by atomic mass is 9.85. The lowest BCUT2D eigenvalue weighted by molar-refractivity contribution is -0.132. The van der Waals surface area contributed by atoms with E-state index >= 15 is 0 Å². The van der Waals surface area contributed by atoms with E-state index in [1.54, 1.807) is 0 Å². The Labute approximate surface area is 157 Å². The quantitative estimate of drug-likeness (QED) is 0.817. The molecule has 1 N–H and O–H groups in total. The zero-order chi connectivity index (χ0) is 19.1. The maximum atomic E-state index is 13.4. The molecule has 1 aliphatic carbocycles. The summed E-state index contributed by atoms with van der Waals surface area (Å²) < 4.78 is 0. The third kappa shape index (κ3) is 3.23. The number of hydrogen-bond donors (Lipinski definition) is 1. The van der Waals surface area contributed by atoms with Crippen LogP contribution in [0.5, 0.6) is 0 Å². The molecule has 0 aromatic rings. The summed E-state index contributed by atoms with van der Waals surface area (Å²) in [6, 6.07) is 0.00688. The van der Waals surface area contributed by atoms with Crippen LogP contribution in [-0.4, -0.2) is 59.3 Å². The van der Waals surface area contributed by atoms with Crippen molar-refractivity contribution in [2.75, 3.05) is 26.2 Å². The molecule has 6 nitrogen and oxygen atoms in total. The SMILES string of the molecule is CCC1=N[C@@]2(CC[C@@H]3CN(C(=O)NCC(C)C)C[C@@H]32)C(=O)N1CC(C)C. The summed E-state index contributed by atoms with van der Waals surface area (Å²) >= 11 is 0. The van der Waals surface area contributed by atoms with E-state index < -0.39 is 5.54 Å². The number of carbonyl (C=O) groups excluding carboxylic acids is 2. The van der Waals surface area contributed by atoms with Crippen molar-refractivity contribution in [3.63, 3.8) is 0 Å². The van der Waals surface area contributed by atoms with Crippen LogP contribution in [0, 0.1) is 23.7 Å². The van der Waals surface area contributed by atoms with Crippen LogP contribution in [0.1, 0.15) is 53.9 Å². The monoisotopic (exact) mass is 362 g/mol. The largest absolute Gasteiger partial charge is 0.338 e. The van der Waals surface area contributed by atoms with E-state index in [4.69, 9.17) is 4.99 Å². The lowest BCUT2D eigenvalue weighted by Gasteiger charge is -2.29. The number of amides is 3. The number of hydrogen-bond acceptors (Lipinski definition) is 3. The van der Waals surface area contributed by atoms with Crippen molar-refractivity contribution >= 4 is 17.8 Å². The molecule has 0 unspecified atom stereocenters. The summed E-state index contributed by atoms with van der Waals surface area (Å²) in [5, 5.41) is 3.01. The summed E-state index contributed by atoms with van der Waals surface area (Å²) in [6.45, 7) is 13.4. The van der Waals surface area contributed by atoms with E-state index in [1.807, 2.05) is 9.80 Å². The highest BCUT2D eigenvalue weighted by Gasteiger charge is 2.61. The Bertz CT molecular complexity index is 601. The third-order valence-electron chi connectivity index (χ3n) is 6.02. The van der Waals surface area contributed by atoms with Crippen molar-refractivity contribution in [3.8, 4) is 0 Å². The number of rotatable bonds is 5. The van der Waals surface area contributed by atoms with Gasteiger partial charge in [0.05, 0.1) is 0 Å². The molecule has 3 aliphatic rings. The molecule has 3 amide bonds. The van der Waals surface area contributed by atoms with Gasteiger partial charge >= 0.3 is 6.03 Å². The Hall–Kier alpha value is -1.59. The molecule has 6 heteroatoms. The average Bonchev–Trinajstić information content (AvgIpc) is 3.22. The molecule has 26 heavy (non-hydrogen) atoms. The van der Waals surface area contributed by atoms with Gasteiger partial charge in [0.25, 0.3) is 5.91 Å². The van der Waals surface area contributed by atoms with Crippen LogP contribution < -0.4 is 5.32 Å². The number of carbonyl (C=O) groups is 2. The number of nitrogens with zero attached hydrogens (tertiary/aromatic N) is 3. The standard InChI is InChI=1S/C20H34N4O2/c1-6-17-22-20(18(25)24(17)10-14(4)5)8-7-15-11-23(12-16(15)20)19(26)21-9-13(2)3/h13-16H,6-12H2,1-5H3,(H,21,26)/t15-,16+,20-/m1/s1. The van der Waals surface area contributed by atoms with Gasteiger partial charge in [0.2, 0.25) is 0 Å². The average molecular weight is 363 g/mol. The van der Waals surface area contributed by atoms with Gasteiger partial charge in [0, 0.05) is 38.5 Å². The Kier molecular flexibility index (Phi) is 5.31. The van der Waals surface area contributed by atoms with Gasteiger partial charge in [0.1, 0.15) is 11.4 Å². The van der Waals surface area contributed by atoms with Crippen molar-refractivity contribution in [1.29, 1.82) is 0 Å². The summed E-state index contributed by atoms with van der Waals surface area (Å²) in [6.07, 6.45) is 2.61. The molecule has 2 heterocycles. The molecule has 1 saturated heterocycles. The molecule has 2 aliphatic heterocycles. The first-order valence-corrected chi connectivity index (χ1v) is 10.2. The van der Waals surface area contributed by atoms with Crippen LogP contribution in [0.2, 0.25) is 0 Å². The molecule has 1 spiro atoms. The number of likely N-dealkylation sites (tertiary alicyclic amines) is 1. The molecule has 3 rings (SSSR count). The van der Waals surface area contributed by atoms with Gasteiger partial charge in [-0.25, -0.2) is 4.79 Å². The number of aliphatic imine (C=N–C) groups is 1. The minimum absolute atomic E-state index is 0.00688. The van der Waals surface area contributed by atoms with E-state index in [1.165, 1.54) is 0 Å². The topological polar surface area (TPSA) is 65.0 Å². The lowest BCUT2D eigenvalue weighted by Crippen LogP contribution is -2.48. The molecule has 0 aromatic carbocycles. The highest BCUT2D eigenvalue weighted by molar-refractivity contribution is 6.08. The van der Waals surface area contributed by atoms with E-state index in [9.17, 15) is 9.59 Å². The molecule has 0 radical (unpaired) electrons. The zero-order valence-corrected chi connectivity index (χ0v) is 16.9. The summed E-state index contributed by atoms with van der Waals surface area (Å²) in [4.78, 5) is 34.7. The Morgan fingerprint density at radius 2 is 2.00 bits per heavy atom. The van der Waals surface area contributed by atoms with Gasteiger partial charge in [0.15, 0.2) is 0 Å². The van der Waals surface area contributed by atoms with Gasteiger partial charge in [-0.05, 0) is 30.6 Å². The first kappa shape index (κ1) is 19.2. The molecule has 0 bridgehead atoms. The summed E-state index contributed by atoms with van der Waals surface area (Å²) in [5.41, 5.74) is -0.613. The Morgan fingerprint density at radius 1 is 1.27 bits per heavy atom. The molecule has 0 aromatic heterocycles. The first-order valence-electron chi connectivity index (χ1n) is 10.2. The van der Waals surface area contributed by atoms with E-state index in [0.717, 1.165) is 38.2 Å². The smallest absolute Gasteiger partial charge is 0.317 e. The van der Waals surface area contributed by atoms with Crippen LogP contribution >= 0.6 is 0 Å². The Balaban J connectivity index is 1.75. The zero-order valence-electron chi connectivity index (χ0n) is 16.9. The summed E-state index contributed by atoms with van der Waals surface area (Å²) in [7, 11) is 0. The van der Waals surface area contributed by atoms with Crippen molar-refractivity contribution in [3.05, 3.63) is 0 Å². The molecular weight excluding hydrogens is 328 g/mol. The van der Waals surface area contributed by atoms with Crippen LogP contribution in [0.15, 0.2) is 4.99 Å². The van der Waals surface area contributed by atoms with E-state index in [2.05, 4.69) is 39.9 Å². The Morgan fingerprint density at radius 3 is 2.62 bits per heavy atom. The predicted molar refractivity (Wildman–Crippen MR) is 103 cm³/mol. The molecule has 3 atom stereocenters. The fourth-order valence-electron chi connectivity index (χ4n) is 4.78. The van der Waals surface area contributed by atoms with Gasteiger partial charge in [-0.1, -0.05) is 34.6 Å². The summed E-state index contributed by atoms with van der Waals surface area (Å²) in [5.74, 6) is 2.53. The first-order chi connectivity index (χ1) is 12.3. The van der Waals surface area contributed by atoms with Gasteiger partial charge in [-0.3, -0.25) is 14.7 Å². The molecule has 2 fully saturated rings. The minimum Gasteiger partial charge on any atom is -0.338 e. The van der Waals surface area contributed by atoms with Crippen molar-refractivity contribution in [1.82, 2.24) is 15.1 Å². The number of fused-ring (bicyclic) bond motifs is 2. The highest BCUT2D eigenvalue weighted by Crippen LogP contribution is 2.50. The van der Waals surface area contributed by atoms with Gasteiger partial charge in [-0.2, -0.15) is 0 Å². The number of urea groups is 1. The minimum atomic E-state index is -0.613. The van der Waals surface area contributed by atoms with Crippen LogP contribution in [0.25, 0.3) is 0 Å². The van der Waals surface area contributed by atoms with E-state index in [-0.39, 0.29) is 17.9 Å². The maximum Gasteiger partial charge on any atom is 0.317 e. The van der Waals surface area contributed by atoms with Crippen molar-refractivity contribution < 1.29 is 9.59 Å². The second kappa shape index (κ2) is 7.20. The number of nitrogens with one attached hydrogen (secondary N) is 1. The molecular formula is C20H34N4O2. The van der Waals surface area contributed by atoms with Gasteiger partial charge in [-0.15, -0.1) is 0 Å². The second-order valence-corrected chi connectivity index (χ2v) is 9.01. The predicted octanol–water partition coefficient (Wildman–Crippen LogP) is 2.74. The fourth-order valence-corrected chi connectivity index (χ4v) is 4.78. The van der Waals surface area contributed by atoms with Crippen molar-refractivity contribution in [2.45, 2.75) is 59.4 Å².